The summed E-state index contributed by atoms with van der Waals surface area (Å²) in [6.07, 6.45) is 1.44. The maximum absolute atomic E-state index is 13.7. The van der Waals surface area contributed by atoms with Crippen LogP contribution in [0.15, 0.2) is 48.5 Å². The molecule has 0 aliphatic heterocycles. The number of hydrogen-bond acceptors (Lipinski definition) is 5. The van der Waals surface area contributed by atoms with E-state index in [1.165, 1.54) is 4.90 Å². The monoisotopic (exact) mass is 503 g/mol. The summed E-state index contributed by atoms with van der Waals surface area (Å²) in [6.45, 7) is 8.96. The molecule has 0 spiro atoms. The van der Waals surface area contributed by atoms with Gasteiger partial charge in [-0.3, -0.25) is 13.9 Å². The number of amides is 2. The van der Waals surface area contributed by atoms with Crippen molar-refractivity contribution in [2.24, 2.45) is 0 Å². The topological polar surface area (TPSA) is 96.0 Å². The van der Waals surface area contributed by atoms with Crippen LogP contribution in [-0.2, 0) is 26.2 Å². The van der Waals surface area contributed by atoms with E-state index in [1.54, 1.807) is 50.4 Å². The molecule has 0 fully saturated rings. The number of benzene rings is 2. The molecule has 0 unspecified atom stereocenters. The van der Waals surface area contributed by atoms with Gasteiger partial charge in [-0.1, -0.05) is 37.3 Å². The van der Waals surface area contributed by atoms with Crippen LogP contribution in [0.5, 0.6) is 5.75 Å². The zero-order valence-corrected chi connectivity index (χ0v) is 22.5. The van der Waals surface area contributed by atoms with Crippen molar-refractivity contribution in [1.29, 1.82) is 0 Å². The van der Waals surface area contributed by atoms with Crippen LogP contribution in [0.2, 0.25) is 0 Å². The van der Waals surface area contributed by atoms with E-state index < -0.39 is 34.1 Å². The summed E-state index contributed by atoms with van der Waals surface area (Å²) in [5, 5.41) is 2.95. The molecule has 0 aliphatic rings. The minimum Gasteiger partial charge on any atom is -0.497 e. The van der Waals surface area contributed by atoms with E-state index in [4.69, 9.17) is 4.74 Å². The molecular weight excluding hydrogens is 466 g/mol. The number of carbonyl (C=O) groups excluding carboxylic acids is 2. The van der Waals surface area contributed by atoms with Gasteiger partial charge in [-0.05, 0) is 63.4 Å². The minimum atomic E-state index is -3.76. The smallest absolute Gasteiger partial charge is 0.244 e. The van der Waals surface area contributed by atoms with Crippen LogP contribution >= 0.6 is 0 Å². The third-order valence-electron chi connectivity index (χ3n) is 5.46. The van der Waals surface area contributed by atoms with E-state index in [9.17, 15) is 18.0 Å². The number of nitrogens with zero attached hydrogens (tertiary/aromatic N) is 2. The Morgan fingerprint density at radius 2 is 1.66 bits per heavy atom. The number of carbonyl (C=O) groups is 2. The number of methoxy groups -OCH3 is 1. The molecule has 2 aromatic rings. The Bertz CT molecular complexity index is 1120. The second-order valence-electron chi connectivity index (χ2n) is 9.59. The van der Waals surface area contributed by atoms with Gasteiger partial charge in [-0.25, -0.2) is 8.42 Å². The maximum Gasteiger partial charge on any atom is 0.244 e. The van der Waals surface area contributed by atoms with Crippen molar-refractivity contribution in [2.75, 3.05) is 24.2 Å². The molecular formula is C26H37N3O5S. The third kappa shape index (κ3) is 7.99. The first-order valence-corrected chi connectivity index (χ1v) is 13.4. The van der Waals surface area contributed by atoms with E-state index >= 15 is 0 Å². The number of nitrogens with one attached hydrogen (secondary N) is 1. The van der Waals surface area contributed by atoms with Gasteiger partial charge < -0.3 is 15.0 Å². The summed E-state index contributed by atoms with van der Waals surface area (Å²) in [5.41, 5.74) is 1.46. The molecule has 0 bridgehead atoms. The Hall–Kier alpha value is -3.07. The van der Waals surface area contributed by atoms with Crippen LogP contribution in [0.4, 0.5) is 5.69 Å². The van der Waals surface area contributed by atoms with E-state index in [0.717, 1.165) is 21.7 Å². The number of anilines is 1. The zero-order valence-electron chi connectivity index (χ0n) is 21.7. The highest BCUT2D eigenvalue weighted by Crippen LogP contribution is 2.23. The lowest BCUT2D eigenvalue weighted by molar-refractivity contribution is -0.141. The summed E-state index contributed by atoms with van der Waals surface area (Å²) in [5.74, 6) is -0.0824. The average molecular weight is 504 g/mol. The summed E-state index contributed by atoms with van der Waals surface area (Å²) in [4.78, 5) is 28.3. The normalized spacial score (nSPS) is 12.5. The fourth-order valence-corrected chi connectivity index (χ4v) is 4.65. The first-order valence-electron chi connectivity index (χ1n) is 11.5. The maximum atomic E-state index is 13.7. The first kappa shape index (κ1) is 28.2. The fourth-order valence-electron chi connectivity index (χ4n) is 3.74. The van der Waals surface area contributed by atoms with Crippen LogP contribution in [0.3, 0.4) is 0 Å². The molecule has 8 nitrogen and oxygen atoms in total. The van der Waals surface area contributed by atoms with Crippen molar-refractivity contribution >= 4 is 27.5 Å². The molecule has 1 N–H and O–H groups in total. The Morgan fingerprint density at radius 3 is 2.14 bits per heavy atom. The highest BCUT2D eigenvalue weighted by Gasteiger charge is 2.33. The lowest BCUT2D eigenvalue weighted by atomic mass is 10.1. The van der Waals surface area contributed by atoms with Gasteiger partial charge >= 0.3 is 0 Å². The molecule has 35 heavy (non-hydrogen) atoms. The Labute approximate surface area is 209 Å². The number of ether oxygens (including phenoxy) is 1. The van der Waals surface area contributed by atoms with Gasteiger partial charge in [-0.2, -0.15) is 0 Å². The van der Waals surface area contributed by atoms with Gasteiger partial charge in [0.05, 0.1) is 19.1 Å². The van der Waals surface area contributed by atoms with E-state index in [-0.39, 0.29) is 12.5 Å². The summed E-state index contributed by atoms with van der Waals surface area (Å²) in [7, 11) is -2.19. The standard InChI is InChI=1S/C26H37N3O5S/c1-8-22(25(31)27-26(3,4)5)28(17-20-13-15-21(34-6)16-14-20)24(30)18-29(35(7,32)33)23-12-10-9-11-19(23)2/h9-16,22H,8,17-18H2,1-7H3,(H,27,31)/t22-/m0/s1. The number of hydrogen-bond donors (Lipinski definition) is 1. The molecule has 2 amide bonds. The Balaban J connectivity index is 2.46. The zero-order chi connectivity index (χ0) is 26.4. The second-order valence-corrected chi connectivity index (χ2v) is 11.5. The van der Waals surface area contributed by atoms with Gasteiger partial charge in [0.2, 0.25) is 21.8 Å². The SMILES string of the molecule is CC[C@@H](C(=O)NC(C)(C)C)N(Cc1ccc(OC)cc1)C(=O)CN(c1ccccc1C)S(C)(=O)=O. The van der Waals surface area contributed by atoms with Gasteiger partial charge in [0.25, 0.3) is 0 Å². The highest BCUT2D eigenvalue weighted by molar-refractivity contribution is 7.92. The van der Waals surface area contributed by atoms with Gasteiger partial charge in [0.15, 0.2) is 0 Å². The van der Waals surface area contributed by atoms with E-state index in [1.807, 2.05) is 39.8 Å². The molecule has 2 rings (SSSR count). The lowest BCUT2D eigenvalue weighted by Crippen LogP contribution is -2.55. The molecule has 0 radical (unpaired) electrons. The number of aryl methyl sites for hydroxylation is 1. The van der Waals surface area contributed by atoms with Crippen LogP contribution in [0.1, 0.15) is 45.2 Å². The van der Waals surface area contributed by atoms with Crippen molar-refractivity contribution in [3.63, 3.8) is 0 Å². The highest BCUT2D eigenvalue weighted by atomic mass is 32.2. The van der Waals surface area contributed by atoms with Crippen molar-refractivity contribution in [2.45, 2.75) is 59.2 Å². The Morgan fingerprint density at radius 1 is 1.06 bits per heavy atom. The van der Waals surface area contributed by atoms with Gasteiger partial charge in [-0.15, -0.1) is 0 Å². The van der Waals surface area contributed by atoms with Crippen molar-refractivity contribution in [3.05, 3.63) is 59.7 Å². The number of rotatable bonds is 10. The lowest BCUT2D eigenvalue weighted by Gasteiger charge is -2.34. The average Bonchev–Trinajstić information content (AvgIpc) is 2.76. The molecule has 192 valence electrons. The summed E-state index contributed by atoms with van der Waals surface area (Å²) < 4.78 is 31.7. The molecule has 2 aromatic carbocycles. The van der Waals surface area contributed by atoms with Crippen LogP contribution in [-0.4, -0.2) is 56.6 Å². The van der Waals surface area contributed by atoms with Crippen molar-refractivity contribution in [3.8, 4) is 5.75 Å². The summed E-state index contributed by atoms with van der Waals surface area (Å²) >= 11 is 0. The molecule has 0 saturated heterocycles. The molecule has 0 aromatic heterocycles. The van der Waals surface area contributed by atoms with Crippen LogP contribution in [0.25, 0.3) is 0 Å². The quantitative estimate of drug-likeness (QED) is 0.535. The predicted octanol–water partition coefficient (Wildman–Crippen LogP) is 3.49. The van der Waals surface area contributed by atoms with E-state index in [0.29, 0.717) is 17.9 Å². The third-order valence-corrected chi connectivity index (χ3v) is 6.59. The van der Waals surface area contributed by atoms with Crippen molar-refractivity contribution < 1.29 is 22.7 Å². The predicted molar refractivity (Wildman–Crippen MR) is 139 cm³/mol. The van der Waals surface area contributed by atoms with Crippen LogP contribution in [0, 0.1) is 6.92 Å². The fraction of sp³-hybridized carbons (Fsp3) is 0.462. The van der Waals surface area contributed by atoms with Crippen molar-refractivity contribution in [1.82, 2.24) is 10.2 Å². The largest absolute Gasteiger partial charge is 0.497 e. The first-order chi connectivity index (χ1) is 16.3. The Kier molecular flexibility index (Phi) is 9.31. The number of sulfonamides is 1. The molecule has 0 aliphatic carbocycles. The minimum absolute atomic E-state index is 0.143. The second kappa shape index (κ2) is 11.6. The van der Waals surface area contributed by atoms with E-state index in [2.05, 4.69) is 5.32 Å². The molecule has 0 saturated carbocycles. The summed E-state index contributed by atoms with van der Waals surface area (Å²) in [6, 6.07) is 13.4. The van der Waals surface area contributed by atoms with Gasteiger partial charge in [0.1, 0.15) is 18.3 Å². The number of para-hydroxylation sites is 1. The molecule has 9 heteroatoms. The molecule has 0 heterocycles. The van der Waals surface area contributed by atoms with Crippen LogP contribution < -0.4 is 14.4 Å². The molecule has 1 atom stereocenters. The van der Waals surface area contributed by atoms with Gasteiger partial charge in [0, 0.05) is 12.1 Å².